The van der Waals surface area contributed by atoms with Crippen molar-refractivity contribution in [2.45, 2.75) is 25.9 Å². The van der Waals surface area contributed by atoms with Gasteiger partial charge >= 0.3 is 0 Å². The second kappa shape index (κ2) is 7.31. The molecule has 0 aliphatic rings. The Balaban J connectivity index is 2.05. The third-order valence-corrected chi connectivity index (χ3v) is 3.52. The van der Waals surface area contributed by atoms with E-state index in [2.05, 4.69) is 29.5 Å². The van der Waals surface area contributed by atoms with E-state index in [-0.39, 0.29) is 5.91 Å². The number of amides is 1. The highest BCUT2D eigenvalue weighted by molar-refractivity contribution is 7.98. The summed E-state index contributed by atoms with van der Waals surface area (Å²) < 4.78 is 7.18. The predicted octanol–water partition coefficient (Wildman–Crippen LogP) is 2.73. The van der Waals surface area contributed by atoms with Crippen LogP contribution in [-0.2, 0) is 0 Å². The van der Waals surface area contributed by atoms with Gasteiger partial charge in [-0.05, 0) is 43.4 Å². The lowest BCUT2D eigenvalue weighted by molar-refractivity contribution is 0.100. The van der Waals surface area contributed by atoms with Crippen LogP contribution in [0.25, 0.3) is 0 Å². The van der Waals surface area contributed by atoms with E-state index >= 15 is 0 Å². The maximum absolute atomic E-state index is 12.3. The van der Waals surface area contributed by atoms with Crippen molar-refractivity contribution in [2.24, 2.45) is 5.92 Å². The molecule has 1 aromatic carbocycles. The van der Waals surface area contributed by atoms with Gasteiger partial charge in [0.15, 0.2) is 0 Å². The van der Waals surface area contributed by atoms with Gasteiger partial charge in [0.1, 0.15) is 11.6 Å². The van der Waals surface area contributed by atoms with E-state index in [1.807, 2.05) is 6.26 Å². The molecule has 0 bridgehead atoms. The second-order valence-corrected chi connectivity index (χ2v) is 6.01. The van der Waals surface area contributed by atoms with Gasteiger partial charge in [-0.2, -0.15) is 0 Å². The van der Waals surface area contributed by atoms with Crippen LogP contribution in [0.3, 0.4) is 0 Å². The van der Waals surface area contributed by atoms with Crippen molar-refractivity contribution in [3.8, 4) is 5.75 Å². The van der Waals surface area contributed by atoms with Gasteiger partial charge < -0.3 is 4.74 Å². The Labute approximate surface area is 134 Å². The lowest BCUT2D eigenvalue weighted by atomic mass is 10.2. The van der Waals surface area contributed by atoms with Crippen molar-refractivity contribution < 1.29 is 9.53 Å². The second-order valence-electron chi connectivity index (χ2n) is 5.24. The molecule has 1 amide bonds. The third kappa shape index (κ3) is 4.00. The quantitative estimate of drug-likeness (QED) is 0.829. The highest BCUT2D eigenvalue weighted by Gasteiger charge is 2.12. The van der Waals surface area contributed by atoms with Crippen LogP contribution in [0, 0.1) is 12.8 Å². The van der Waals surface area contributed by atoms with E-state index in [1.165, 1.54) is 11.8 Å². The average Bonchev–Trinajstić information content (AvgIpc) is 2.86. The van der Waals surface area contributed by atoms with E-state index < -0.39 is 0 Å². The van der Waals surface area contributed by atoms with E-state index in [0.717, 1.165) is 5.75 Å². The van der Waals surface area contributed by atoms with Gasteiger partial charge in [-0.15, -0.1) is 10.2 Å². The number of rotatable bonds is 6. The summed E-state index contributed by atoms with van der Waals surface area (Å²) >= 11 is 1.42. The van der Waals surface area contributed by atoms with Gasteiger partial charge in [0.05, 0.1) is 6.61 Å². The van der Waals surface area contributed by atoms with Crippen LogP contribution in [-0.4, -0.2) is 33.6 Å². The minimum atomic E-state index is -0.214. The number of carbonyl (C=O) groups is 1. The van der Waals surface area contributed by atoms with Gasteiger partial charge in [0.2, 0.25) is 5.16 Å². The molecule has 0 aliphatic carbocycles. The fourth-order valence-corrected chi connectivity index (χ4v) is 2.22. The molecular formula is C15H20N4O2S. The maximum Gasteiger partial charge on any atom is 0.270 e. The molecule has 0 aliphatic heterocycles. The fourth-order valence-electron chi connectivity index (χ4n) is 1.74. The van der Waals surface area contributed by atoms with E-state index in [9.17, 15) is 4.79 Å². The van der Waals surface area contributed by atoms with Crippen LogP contribution in [0.1, 0.15) is 30.0 Å². The van der Waals surface area contributed by atoms with Gasteiger partial charge in [0.25, 0.3) is 5.91 Å². The van der Waals surface area contributed by atoms with Crippen LogP contribution < -0.4 is 10.2 Å². The van der Waals surface area contributed by atoms with Crippen LogP contribution in [0.5, 0.6) is 5.75 Å². The number of nitrogens with zero attached hydrogens (tertiary/aromatic N) is 3. The van der Waals surface area contributed by atoms with Gasteiger partial charge in [-0.25, -0.2) is 4.68 Å². The molecule has 0 saturated heterocycles. The summed E-state index contributed by atoms with van der Waals surface area (Å²) in [5, 5.41) is 8.56. The molecule has 2 rings (SSSR count). The molecule has 0 unspecified atom stereocenters. The standard InChI is InChI=1S/C15H20N4O2S/c1-10(2)9-21-13-7-5-12(6-8-13)14(20)18-19-11(3)16-17-15(19)22-4/h5-8,10H,9H2,1-4H3,(H,18,20). The minimum Gasteiger partial charge on any atom is -0.493 e. The molecule has 0 radical (unpaired) electrons. The number of thioether (sulfide) groups is 1. The first-order chi connectivity index (χ1) is 10.5. The lowest BCUT2D eigenvalue weighted by Gasteiger charge is -2.11. The molecule has 0 fully saturated rings. The SMILES string of the molecule is CSc1nnc(C)n1NC(=O)c1ccc(OCC(C)C)cc1. The smallest absolute Gasteiger partial charge is 0.270 e. The number of carbonyl (C=O) groups excluding carboxylic acids is 1. The Kier molecular flexibility index (Phi) is 5.43. The molecule has 0 atom stereocenters. The molecule has 6 nitrogen and oxygen atoms in total. The van der Waals surface area contributed by atoms with E-state index in [0.29, 0.717) is 29.1 Å². The Morgan fingerprint density at radius 2 is 2.00 bits per heavy atom. The van der Waals surface area contributed by atoms with Crippen LogP contribution in [0.4, 0.5) is 0 Å². The summed E-state index contributed by atoms with van der Waals surface area (Å²) in [6.07, 6.45) is 1.88. The Bertz CT molecular complexity index is 637. The number of hydrogen-bond donors (Lipinski definition) is 1. The molecule has 1 N–H and O–H groups in total. The summed E-state index contributed by atoms with van der Waals surface area (Å²) in [6.45, 7) is 6.62. The molecular weight excluding hydrogens is 300 g/mol. The average molecular weight is 320 g/mol. The molecule has 1 aromatic heterocycles. The highest BCUT2D eigenvalue weighted by atomic mass is 32.2. The number of aromatic nitrogens is 3. The zero-order valence-electron chi connectivity index (χ0n) is 13.2. The third-order valence-electron chi connectivity index (χ3n) is 2.89. The van der Waals surface area contributed by atoms with Gasteiger partial charge in [-0.1, -0.05) is 25.6 Å². The summed E-state index contributed by atoms with van der Waals surface area (Å²) in [5.74, 6) is 1.64. The van der Waals surface area contributed by atoms with Gasteiger partial charge in [-0.3, -0.25) is 10.2 Å². The number of ether oxygens (including phenoxy) is 1. The number of aryl methyl sites for hydroxylation is 1. The normalized spacial score (nSPS) is 10.8. The number of hydrogen-bond acceptors (Lipinski definition) is 5. The summed E-state index contributed by atoms with van der Waals surface area (Å²) in [4.78, 5) is 12.3. The van der Waals surface area contributed by atoms with Crippen molar-refractivity contribution in [2.75, 3.05) is 18.3 Å². The lowest BCUT2D eigenvalue weighted by Crippen LogP contribution is -2.24. The maximum atomic E-state index is 12.3. The summed E-state index contributed by atoms with van der Waals surface area (Å²) in [6, 6.07) is 7.07. The minimum absolute atomic E-state index is 0.214. The van der Waals surface area contributed by atoms with Gasteiger partial charge in [0, 0.05) is 5.56 Å². The summed E-state index contributed by atoms with van der Waals surface area (Å²) in [5.41, 5.74) is 3.34. The van der Waals surface area contributed by atoms with E-state index in [4.69, 9.17) is 4.74 Å². The van der Waals surface area contributed by atoms with Crippen LogP contribution >= 0.6 is 11.8 Å². The molecule has 1 heterocycles. The predicted molar refractivity (Wildman–Crippen MR) is 87.0 cm³/mol. The van der Waals surface area contributed by atoms with Crippen molar-refractivity contribution in [1.29, 1.82) is 0 Å². The Morgan fingerprint density at radius 3 is 2.59 bits per heavy atom. The molecule has 118 valence electrons. The first-order valence-electron chi connectivity index (χ1n) is 7.01. The molecule has 0 spiro atoms. The summed E-state index contributed by atoms with van der Waals surface area (Å²) in [7, 11) is 0. The van der Waals surface area contributed by atoms with E-state index in [1.54, 1.807) is 35.9 Å². The zero-order valence-corrected chi connectivity index (χ0v) is 14.0. The fraction of sp³-hybridized carbons (Fsp3) is 0.400. The molecule has 2 aromatic rings. The number of nitrogens with one attached hydrogen (secondary N) is 1. The number of benzene rings is 1. The monoisotopic (exact) mass is 320 g/mol. The highest BCUT2D eigenvalue weighted by Crippen LogP contribution is 2.15. The Hall–Kier alpha value is -2.02. The van der Waals surface area contributed by atoms with Crippen molar-refractivity contribution in [3.63, 3.8) is 0 Å². The first-order valence-corrected chi connectivity index (χ1v) is 8.24. The van der Waals surface area contributed by atoms with Crippen molar-refractivity contribution in [1.82, 2.24) is 14.9 Å². The van der Waals surface area contributed by atoms with Crippen molar-refractivity contribution in [3.05, 3.63) is 35.7 Å². The van der Waals surface area contributed by atoms with Crippen LogP contribution in [0.15, 0.2) is 29.4 Å². The van der Waals surface area contributed by atoms with Crippen molar-refractivity contribution >= 4 is 17.7 Å². The molecule has 22 heavy (non-hydrogen) atoms. The molecule has 7 heteroatoms. The first kappa shape index (κ1) is 16.4. The topological polar surface area (TPSA) is 69.0 Å². The molecule has 0 saturated carbocycles. The zero-order chi connectivity index (χ0) is 16.1. The van der Waals surface area contributed by atoms with Crippen LogP contribution in [0.2, 0.25) is 0 Å². The largest absolute Gasteiger partial charge is 0.493 e. The Morgan fingerprint density at radius 1 is 1.32 bits per heavy atom.